The van der Waals surface area contributed by atoms with Crippen molar-refractivity contribution >= 4 is 6.09 Å². The molecule has 5 heteroatoms. The Balaban J connectivity index is 2.21. The van der Waals surface area contributed by atoms with Gasteiger partial charge in [0.25, 0.3) is 0 Å². The molecule has 11 heavy (non-hydrogen) atoms. The summed E-state index contributed by atoms with van der Waals surface area (Å²) in [5, 5.41) is 19.8. The van der Waals surface area contributed by atoms with E-state index in [0.717, 1.165) is 0 Å². The van der Waals surface area contributed by atoms with Crippen LogP contribution in [0.5, 0.6) is 0 Å². The van der Waals surface area contributed by atoms with Crippen LogP contribution in [0.4, 0.5) is 4.79 Å². The molecule has 5 N–H and O–H groups in total. The van der Waals surface area contributed by atoms with Gasteiger partial charge in [-0.25, -0.2) is 4.79 Å². The average Bonchev–Trinajstić information content (AvgIpc) is 1.81. The Morgan fingerprint density at radius 3 is 2.64 bits per heavy atom. The standard InChI is InChI=1S/C6H12N2O3/c7-4-1-6(11,2-4)3-8-5(9)10/h4,8,11H,1-3,7H2,(H,9,10). The number of aliphatic hydroxyl groups is 1. The van der Waals surface area contributed by atoms with Crippen molar-refractivity contribution in [1.82, 2.24) is 5.32 Å². The smallest absolute Gasteiger partial charge is 0.404 e. The molecule has 0 radical (unpaired) electrons. The molecule has 0 heterocycles. The molecule has 1 aliphatic carbocycles. The van der Waals surface area contributed by atoms with Crippen molar-refractivity contribution in [2.24, 2.45) is 5.73 Å². The lowest BCUT2D eigenvalue weighted by Gasteiger charge is -2.41. The first kappa shape index (κ1) is 8.29. The van der Waals surface area contributed by atoms with Crippen LogP contribution < -0.4 is 11.1 Å². The van der Waals surface area contributed by atoms with E-state index in [0.29, 0.717) is 12.8 Å². The van der Waals surface area contributed by atoms with Crippen molar-refractivity contribution in [3.63, 3.8) is 0 Å². The van der Waals surface area contributed by atoms with Gasteiger partial charge in [0.05, 0.1) is 5.60 Å². The molecule has 1 fully saturated rings. The lowest BCUT2D eigenvalue weighted by molar-refractivity contribution is -0.0432. The molecule has 5 nitrogen and oxygen atoms in total. The second-order valence-electron chi connectivity index (χ2n) is 3.05. The molecule has 0 aromatic carbocycles. The molecule has 1 aliphatic rings. The van der Waals surface area contributed by atoms with Gasteiger partial charge in [-0.2, -0.15) is 0 Å². The third-order valence-corrected chi connectivity index (χ3v) is 1.85. The van der Waals surface area contributed by atoms with E-state index in [1.807, 2.05) is 0 Å². The van der Waals surface area contributed by atoms with E-state index in [9.17, 15) is 9.90 Å². The van der Waals surface area contributed by atoms with Crippen molar-refractivity contribution in [3.8, 4) is 0 Å². The van der Waals surface area contributed by atoms with E-state index in [1.165, 1.54) is 0 Å². The molecule has 64 valence electrons. The van der Waals surface area contributed by atoms with Crippen LogP contribution in [0.2, 0.25) is 0 Å². The number of nitrogens with two attached hydrogens (primary N) is 1. The van der Waals surface area contributed by atoms with Crippen molar-refractivity contribution in [2.45, 2.75) is 24.5 Å². The van der Waals surface area contributed by atoms with Crippen LogP contribution >= 0.6 is 0 Å². The van der Waals surface area contributed by atoms with Crippen LogP contribution in [-0.4, -0.2) is 34.5 Å². The van der Waals surface area contributed by atoms with Crippen LogP contribution in [0.1, 0.15) is 12.8 Å². The van der Waals surface area contributed by atoms with E-state index >= 15 is 0 Å². The third-order valence-electron chi connectivity index (χ3n) is 1.85. The highest BCUT2D eigenvalue weighted by atomic mass is 16.4. The maximum absolute atomic E-state index is 10.0. The lowest BCUT2D eigenvalue weighted by atomic mass is 9.76. The highest BCUT2D eigenvalue weighted by molar-refractivity contribution is 5.64. The number of nitrogens with one attached hydrogen (secondary N) is 1. The van der Waals surface area contributed by atoms with Crippen molar-refractivity contribution in [2.75, 3.05) is 6.54 Å². The zero-order valence-corrected chi connectivity index (χ0v) is 6.08. The van der Waals surface area contributed by atoms with Gasteiger partial charge >= 0.3 is 6.09 Å². The summed E-state index contributed by atoms with van der Waals surface area (Å²) < 4.78 is 0. The van der Waals surface area contributed by atoms with E-state index in [1.54, 1.807) is 0 Å². The van der Waals surface area contributed by atoms with Crippen LogP contribution in [0, 0.1) is 0 Å². The van der Waals surface area contributed by atoms with Crippen LogP contribution in [0.3, 0.4) is 0 Å². The Morgan fingerprint density at radius 1 is 1.73 bits per heavy atom. The summed E-state index contributed by atoms with van der Waals surface area (Å²) in [7, 11) is 0. The van der Waals surface area contributed by atoms with Crippen LogP contribution in [-0.2, 0) is 0 Å². The van der Waals surface area contributed by atoms with Gasteiger partial charge in [-0.3, -0.25) is 0 Å². The highest BCUT2D eigenvalue weighted by Crippen LogP contribution is 2.29. The zero-order chi connectivity index (χ0) is 8.48. The van der Waals surface area contributed by atoms with E-state index in [4.69, 9.17) is 10.8 Å². The topological polar surface area (TPSA) is 95.6 Å². The molecule has 0 atom stereocenters. The maximum Gasteiger partial charge on any atom is 0.404 e. The Bertz CT molecular complexity index is 165. The van der Waals surface area contributed by atoms with Crippen LogP contribution in [0.25, 0.3) is 0 Å². The minimum Gasteiger partial charge on any atom is -0.465 e. The Morgan fingerprint density at radius 2 is 2.27 bits per heavy atom. The fraction of sp³-hybridized carbons (Fsp3) is 0.833. The first-order valence-corrected chi connectivity index (χ1v) is 3.47. The first-order chi connectivity index (χ1) is 5.02. The third kappa shape index (κ3) is 2.06. The largest absolute Gasteiger partial charge is 0.465 e. The normalized spacial score (nSPS) is 36.0. The Hall–Kier alpha value is -0.810. The molecule has 1 rings (SSSR count). The summed E-state index contributed by atoms with van der Waals surface area (Å²) in [5.74, 6) is 0. The Kier molecular flexibility index (Phi) is 2.01. The quantitative estimate of drug-likeness (QED) is 0.421. The van der Waals surface area contributed by atoms with E-state index in [2.05, 4.69) is 5.32 Å². The van der Waals surface area contributed by atoms with Gasteiger partial charge in [0, 0.05) is 12.6 Å². The monoisotopic (exact) mass is 160 g/mol. The SMILES string of the molecule is NC1CC(O)(CNC(=O)O)C1. The fourth-order valence-corrected chi connectivity index (χ4v) is 1.30. The van der Waals surface area contributed by atoms with Gasteiger partial charge < -0.3 is 21.3 Å². The van der Waals surface area contributed by atoms with Crippen LogP contribution in [0.15, 0.2) is 0 Å². The van der Waals surface area contributed by atoms with Gasteiger partial charge in [-0.05, 0) is 12.8 Å². The summed E-state index contributed by atoms with van der Waals surface area (Å²) in [6.07, 6.45) is -0.153. The number of carboxylic acid groups (broad SMARTS) is 1. The molecule has 1 amide bonds. The molecule has 0 spiro atoms. The van der Waals surface area contributed by atoms with Gasteiger partial charge in [-0.1, -0.05) is 0 Å². The molecule has 0 bridgehead atoms. The first-order valence-electron chi connectivity index (χ1n) is 3.47. The summed E-state index contributed by atoms with van der Waals surface area (Å²) in [4.78, 5) is 10.0. The van der Waals surface area contributed by atoms with Gasteiger partial charge in [-0.15, -0.1) is 0 Å². The number of rotatable bonds is 2. The number of hydrogen-bond acceptors (Lipinski definition) is 3. The van der Waals surface area contributed by atoms with Gasteiger partial charge in [0.15, 0.2) is 0 Å². The predicted molar refractivity (Wildman–Crippen MR) is 38.2 cm³/mol. The average molecular weight is 160 g/mol. The van der Waals surface area contributed by atoms with E-state index < -0.39 is 11.7 Å². The number of amides is 1. The molecule has 0 saturated heterocycles. The minimum absolute atomic E-state index is 0.0237. The molecular weight excluding hydrogens is 148 g/mol. The summed E-state index contributed by atoms with van der Waals surface area (Å²) in [6.45, 7) is 0.0794. The molecule has 0 aromatic heterocycles. The molecule has 0 aromatic rings. The Labute approximate surface area is 64.2 Å². The lowest BCUT2D eigenvalue weighted by Crippen LogP contribution is -2.57. The van der Waals surface area contributed by atoms with Crippen molar-refractivity contribution in [1.29, 1.82) is 0 Å². The minimum atomic E-state index is -1.11. The van der Waals surface area contributed by atoms with E-state index in [-0.39, 0.29) is 12.6 Å². The summed E-state index contributed by atoms with van der Waals surface area (Å²) in [5.41, 5.74) is 4.53. The van der Waals surface area contributed by atoms with Gasteiger partial charge in [0.2, 0.25) is 0 Å². The fourth-order valence-electron chi connectivity index (χ4n) is 1.30. The highest BCUT2D eigenvalue weighted by Gasteiger charge is 2.40. The summed E-state index contributed by atoms with van der Waals surface area (Å²) >= 11 is 0. The summed E-state index contributed by atoms with van der Waals surface area (Å²) in [6, 6.07) is 0.0237. The van der Waals surface area contributed by atoms with Crippen molar-refractivity contribution in [3.05, 3.63) is 0 Å². The van der Waals surface area contributed by atoms with Gasteiger partial charge in [0.1, 0.15) is 0 Å². The van der Waals surface area contributed by atoms with Crippen molar-refractivity contribution < 1.29 is 15.0 Å². The number of hydrogen-bond donors (Lipinski definition) is 4. The molecule has 0 unspecified atom stereocenters. The second-order valence-corrected chi connectivity index (χ2v) is 3.05. The number of carbonyl (C=O) groups is 1. The maximum atomic E-state index is 10.0. The molecule has 0 aliphatic heterocycles. The second kappa shape index (κ2) is 2.67. The molecular formula is C6H12N2O3. The zero-order valence-electron chi connectivity index (χ0n) is 6.08. The molecule has 1 saturated carbocycles. The predicted octanol–water partition coefficient (Wildman–Crippen LogP) is -0.894.